The summed E-state index contributed by atoms with van der Waals surface area (Å²) in [5, 5.41) is 9.27. The van der Waals surface area contributed by atoms with Crippen LogP contribution in [0.25, 0.3) is 0 Å². The lowest BCUT2D eigenvalue weighted by Crippen LogP contribution is -2.41. The lowest BCUT2D eigenvalue weighted by molar-refractivity contribution is -0.141. The van der Waals surface area contributed by atoms with Crippen LogP contribution in [-0.4, -0.2) is 59.5 Å². The van der Waals surface area contributed by atoms with Gasteiger partial charge < -0.3 is 14.9 Å². The summed E-state index contributed by atoms with van der Waals surface area (Å²) in [6.07, 6.45) is 0.225. The molecule has 1 saturated heterocycles. The summed E-state index contributed by atoms with van der Waals surface area (Å²) < 4.78 is 28.0. The average Bonchev–Trinajstić information content (AvgIpc) is 2.88. The minimum Gasteiger partial charge on any atom is -0.480 e. The molecule has 0 aromatic heterocycles. The summed E-state index contributed by atoms with van der Waals surface area (Å²) in [7, 11) is 3.54. The number of amides is 1. The Kier molecular flexibility index (Phi) is 4.46. The number of carboxylic acids is 1. The second-order valence-electron chi connectivity index (χ2n) is 5.72. The van der Waals surface area contributed by atoms with Crippen molar-refractivity contribution in [3.63, 3.8) is 0 Å². The molecule has 2 rings (SSSR count). The van der Waals surface area contributed by atoms with E-state index < -0.39 is 35.1 Å². The summed E-state index contributed by atoms with van der Waals surface area (Å²) in [6, 6.07) is 1.00. The number of aryl methyl sites for hydroxylation is 1. The molecule has 120 valence electrons. The summed E-state index contributed by atoms with van der Waals surface area (Å²) in [4.78, 5) is 26.7. The van der Waals surface area contributed by atoms with E-state index in [0.717, 1.165) is 11.0 Å². The van der Waals surface area contributed by atoms with Gasteiger partial charge in [0.05, 0.1) is 0 Å². The fraction of sp³-hybridized carbons (Fsp3) is 0.467. The average molecular weight is 312 g/mol. The van der Waals surface area contributed by atoms with Crippen molar-refractivity contribution in [2.24, 2.45) is 0 Å². The number of halogens is 2. The summed E-state index contributed by atoms with van der Waals surface area (Å²) >= 11 is 0. The Bertz CT molecular complexity index is 619. The molecular formula is C15H18F2N2O3. The van der Waals surface area contributed by atoms with E-state index in [2.05, 4.69) is 0 Å². The van der Waals surface area contributed by atoms with Gasteiger partial charge in [-0.05, 0) is 39.1 Å². The first-order valence-corrected chi connectivity index (χ1v) is 6.88. The standard InChI is InChI=1S/C15H18F2N2O3/c1-8-4-5-10(16)12(13(8)17)14(20)19-7-9(18(2)3)6-11(19)15(21)22/h4-5,9,11H,6-7H2,1-3H3,(H,21,22)/t9-,11+/m1/s1. The Morgan fingerprint density at radius 1 is 1.32 bits per heavy atom. The molecule has 22 heavy (non-hydrogen) atoms. The third kappa shape index (κ3) is 2.81. The van der Waals surface area contributed by atoms with Crippen molar-refractivity contribution in [1.29, 1.82) is 0 Å². The topological polar surface area (TPSA) is 60.9 Å². The van der Waals surface area contributed by atoms with E-state index in [0.29, 0.717) is 0 Å². The Morgan fingerprint density at radius 2 is 1.95 bits per heavy atom. The normalized spacial score (nSPS) is 21.5. The molecule has 5 nitrogen and oxygen atoms in total. The number of carboxylic acid groups (broad SMARTS) is 1. The summed E-state index contributed by atoms with van der Waals surface area (Å²) in [6.45, 7) is 1.54. The number of aliphatic carboxylic acids is 1. The Balaban J connectivity index is 2.40. The molecule has 1 fully saturated rings. The number of likely N-dealkylation sites (tertiary alicyclic amines) is 1. The molecule has 1 aliphatic rings. The van der Waals surface area contributed by atoms with Gasteiger partial charge >= 0.3 is 5.97 Å². The molecule has 7 heteroatoms. The van der Waals surface area contributed by atoms with Crippen LogP contribution in [0.1, 0.15) is 22.3 Å². The van der Waals surface area contributed by atoms with Crippen LogP contribution >= 0.6 is 0 Å². The molecule has 2 atom stereocenters. The van der Waals surface area contributed by atoms with Crippen LogP contribution in [-0.2, 0) is 4.79 Å². The highest BCUT2D eigenvalue weighted by Gasteiger charge is 2.42. The lowest BCUT2D eigenvalue weighted by atomic mass is 10.1. The van der Waals surface area contributed by atoms with E-state index in [9.17, 15) is 23.5 Å². The molecule has 1 heterocycles. The van der Waals surface area contributed by atoms with Gasteiger partial charge in [0.25, 0.3) is 5.91 Å². The van der Waals surface area contributed by atoms with Crippen molar-refractivity contribution in [2.45, 2.75) is 25.4 Å². The number of benzene rings is 1. The van der Waals surface area contributed by atoms with E-state index in [1.54, 1.807) is 19.0 Å². The third-order valence-corrected chi connectivity index (χ3v) is 4.05. The second-order valence-corrected chi connectivity index (χ2v) is 5.72. The smallest absolute Gasteiger partial charge is 0.326 e. The monoisotopic (exact) mass is 312 g/mol. The summed E-state index contributed by atoms with van der Waals surface area (Å²) in [5.41, 5.74) is -0.550. The zero-order chi connectivity index (χ0) is 16.6. The van der Waals surface area contributed by atoms with Crippen LogP contribution in [0.15, 0.2) is 12.1 Å². The molecule has 0 spiro atoms. The highest BCUT2D eigenvalue weighted by molar-refractivity contribution is 5.97. The molecule has 0 radical (unpaired) electrons. The zero-order valence-corrected chi connectivity index (χ0v) is 12.6. The Hall–Kier alpha value is -2.02. The highest BCUT2D eigenvalue weighted by Crippen LogP contribution is 2.26. The van der Waals surface area contributed by atoms with Crippen LogP contribution in [0.5, 0.6) is 0 Å². The quantitative estimate of drug-likeness (QED) is 0.919. The van der Waals surface area contributed by atoms with Crippen LogP contribution in [0, 0.1) is 18.6 Å². The first-order valence-electron chi connectivity index (χ1n) is 6.88. The van der Waals surface area contributed by atoms with E-state index in [4.69, 9.17) is 0 Å². The number of hydrogen-bond acceptors (Lipinski definition) is 3. The van der Waals surface area contributed by atoms with Crippen LogP contribution < -0.4 is 0 Å². The number of carbonyl (C=O) groups is 2. The zero-order valence-electron chi connectivity index (χ0n) is 12.6. The van der Waals surface area contributed by atoms with Gasteiger partial charge in [-0.15, -0.1) is 0 Å². The second kappa shape index (κ2) is 6.00. The lowest BCUT2D eigenvalue weighted by Gasteiger charge is -2.23. The third-order valence-electron chi connectivity index (χ3n) is 4.05. The number of rotatable bonds is 3. The maximum Gasteiger partial charge on any atom is 0.326 e. The van der Waals surface area contributed by atoms with Crippen molar-refractivity contribution >= 4 is 11.9 Å². The fourth-order valence-corrected chi connectivity index (χ4v) is 2.64. The van der Waals surface area contributed by atoms with Crippen LogP contribution in [0.2, 0.25) is 0 Å². The first kappa shape index (κ1) is 16.4. The van der Waals surface area contributed by atoms with Gasteiger partial charge in [0, 0.05) is 12.6 Å². The Morgan fingerprint density at radius 3 is 2.50 bits per heavy atom. The predicted molar refractivity (Wildman–Crippen MR) is 75.6 cm³/mol. The minimum absolute atomic E-state index is 0.121. The first-order chi connectivity index (χ1) is 10.2. The van der Waals surface area contributed by atoms with Crippen molar-refractivity contribution < 1.29 is 23.5 Å². The molecule has 1 N–H and O–H groups in total. The van der Waals surface area contributed by atoms with E-state index in [1.165, 1.54) is 13.0 Å². The van der Waals surface area contributed by atoms with Crippen molar-refractivity contribution in [1.82, 2.24) is 9.80 Å². The molecule has 1 aromatic carbocycles. The van der Waals surface area contributed by atoms with E-state index >= 15 is 0 Å². The van der Waals surface area contributed by atoms with Gasteiger partial charge in [-0.3, -0.25) is 4.79 Å². The molecule has 1 aliphatic heterocycles. The summed E-state index contributed by atoms with van der Waals surface area (Å²) in [5.74, 6) is -4.02. The maximum atomic E-state index is 14.1. The molecular weight excluding hydrogens is 294 g/mol. The number of likely N-dealkylation sites (N-methyl/N-ethyl adjacent to an activating group) is 1. The van der Waals surface area contributed by atoms with E-state index in [-0.39, 0.29) is 24.6 Å². The van der Waals surface area contributed by atoms with Gasteiger partial charge in [0.2, 0.25) is 0 Å². The van der Waals surface area contributed by atoms with Crippen LogP contribution in [0.4, 0.5) is 8.78 Å². The molecule has 0 bridgehead atoms. The van der Waals surface area contributed by atoms with Gasteiger partial charge in [-0.2, -0.15) is 0 Å². The maximum absolute atomic E-state index is 14.1. The molecule has 1 amide bonds. The molecule has 0 aliphatic carbocycles. The SMILES string of the molecule is Cc1ccc(F)c(C(=O)N2C[C@H](N(C)C)C[C@H]2C(=O)O)c1F. The van der Waals surface area contributed by atoms with Crippen LogP contribution in [0.3, 0.4) is 0 Å². The predicted octanol–water partition coefficient (Wildman–Crippen LogP) is 1.50. The van der Waals surface area contributed by atoms with Gasteiger partial charge in [0.1, 0.15) is 23.2 Å². The van der Waals surface area contributed by atoms with E-state index in [1.807, 2.05) is 0 Å². The van der Waals surface area contributed by atoms with Crippen molar-refractivity contribution in [3.8, 4) is 0 Å². The molecule has 0 saturated carbocycles. The van der Waals surface area contributed by atoms with Crippen molar-refractivity contribution in [2.75, 3.05) is 20.6 Å². The molecule has 0 unspecified atom stereocenters. The van der Waals surface area contributed by atoms with Gasteiger partial charge in [-0.25, -0.2) is 13.6 Å². The number of nitrogens with zero attached hydrogens (tertiary/aromatic N) is 2. The largest absolute Gasteiger partial charge is 0.480 e. The number of hydrogen-bond donors (Lipinski definition) is 1. The number of carbonyl (C=O) groups excluding carboxylic acids is 1. The fourth-order valence-electron chi connectivity index (χ4n) is 2.64. The van der Waals surface area contributed by atoms with Gasteiger partial charge in [0.15, 0.2) is 0 Å². The highest BCUT2D eigenvalue weighted by atomic mass is 19.1. The van der Waals surface area contributed by atoms with Gasteiger partial charge in [-0.1, -0.05) is 6.07 Å². The van der Waals surface area contributed by atoms with Crippen molar-refractivity contribution in [3.05, 3.63) is 34.9 Å². The minimum atomic E-state index is -1.17. The molecule has 1 aromatic rings. The Labute approximate surface area is 127 Å².